The van der Waals surface area contributed by atoms with Gasteiger partial charge in [-0.15, -0.1) is 0 Å². The van der Waals surface area contributed by atoms with E-state index in [4.69, 9.17) is 19.6 Å². The van der Waals surface area contributed by atoms with E-state index in [1.54, 1.807) is 21.7 Å². The van der Waals surface area contributed by atoms with E-state index in [-0.39, 0.29) is 23.6 Å². The van der Waals surface area contributed by atoms with Crippen molar-refractivity contribution in [1.82, 2.24) is 19.5 Å². The van der Waals surface area contributed by atoms with Crippen LogP contribution in [0.4, 0.5) is 15.0 Å². The van der Waals surface area contributed by atoms with Crippen molar-refractivity contribution in [1.29, 1.82) is 0 Å². The molecule has 2 fully saturated rings. The first-order chi connectivity index (χ1) is 21.7. The molecule has 2 aliphatic rings. The van der Waals surface area contributed by atoms with Gasteiger partial charge in [0.15, 0.2) is 11.9 Å². The summed E-state index contributed by atoms with van der Waals surface area (Å²) in [5.41, 5.74) is 2.62. The smallest absolute Gasteiger partial charge is 0.407 e. The Hall–Kier alpha value is -3.14. The number of hydrogen-bond acceptors (Lipinski definition) is 7. The molecule has 1 N–H and O–H groups in total. The predicted octanol–water partition coefficient (Wildman–Crippen LogP) is 7.17. The molecular formula is C33H48FN5O5Si2. The average molecular weight is 670 g/mol. The van der Waals surface area contributed by atoms with Crippen LogP contribution in [0.3, 0.4) is 0 Å². The quantitative estimate of drug-likeness (QED) is 0.0833. The summed E-state index contributed by atoms with van der Waals surface area (Å²) in [4.78, 5) is 32.1. The molecule has 10 nitrogen and oxygen atoms in total. The zero-order valence-corrected chi connectivity index (χ0v) is 30.0. The minimum Gasteiger partial charge on any atom is -0.465 e. The van der Waals surface area contributed by atoms with Crippen LogP contribution in [-0.4, -0.2) is 91.9 Å². The number of benzene rings is 1. The van der Waals surface area contributed by atoms with Gasteiger partial charge >= 0.3 is 6.09 Å². The van der Waals surface area contributed by atoms with E-state index in [1.165, 1.54) is 12.1 Å². The van der Waals surface area contributed by atoms with Gasteiger partial charge in [-0.05, 0) is 55.5 Å². The van der Waals surface area contributed by atoms with Crippen molar-refractivity contribution in [2.24, 2.45) is 0 Å². The Bertz CT molecular complexity index is 1520. The number of rotatable bonds is 14. The van der Waals surface area contributed by atoms with Crippen LogP contribution < -0.4 is 4.90 Å². The van der Waals surface area contributed by atoms with Gasteiger partial charge in [0.25, 0.3) is 0 Å². The summed E-state index contributed by atoms with van der Waals surface area (Å²) in [5.74, 6) is 0.204. The first kappa shape index (κ1) is 34.2. The largest absolute Gasteiger partial charge is 0.465 e. The van der Waals surface area contributed by atoms with E-state index >= 15 is 0 Å². The van der Waals surface area contributed by atoms with E-state index < -0.39 is 28.1 Å². The van der Waals surface area contributed by atoms with Crippen LogP contribution in [-0.2, 0) is 9.47 Å². The molecule has 13 heteroatoms. The number of aldehydes is 1. The molecule has 1 amide bonds. The van der Waals surface area contributed by atoms with Crippen molar-refractivity contribution in [2.75, 3.05) is 31.6 Å². The van der Waals surface area contributed by atoms with E-state index in [9.17, 15) is 19.1 Å². The first-order valence-corrected chi connectivity index (χ1v) is 23.7. The van der Waals surface area contributed by atoms with Gasteiger partial charge in [0.05, 0.1) is 11.8 Å². The highest BCUT2D eigenvalue weighted by Crippen LogP contribution is 2.43. The number of fused-ring (bicyclic) bond motifs is 3. The number of aromatic nitrogens is 3. The lowest BCUT2D eigenvalue weighted by molar-refractivity contribution is 0.0934. The normalized spacial score (nSPS) is 20.0. The van der Waals surface area contributed by atoms with E-state index in [0.29, 0.717) is 62.6 Å². The van der Waals surface area contributed by atoms with E-state index in [1.807, 2.05) is 11.0 Å². The maximum atomic E-state index is 14.8. The zero-order chi connectivity index (χ0) is 33.2. The summed E-state index contributed by atoms with van der Waals surface area (Å²) in [5, 5.41) is 14.6. The number of carbonyl (C=O) groups is 2. The highest BCUT2D eigenvalue weighted by molar-refractivity contribution is 6.76. The molecule has 2 atom stereocenters. The molecule has 0 radical (unpaired) electrons. The van der Waals surface area contributed by atoms with Crippen molar-refractivity contribution in [3.63, 3.8) is 0 Å². The fourth-order valence-electron chi connectivity index (χ4n) is 6.40. The Morgan fingerprint density at radius 2 is 1.63 bits per heavy atom. The monoisotopic (exact) mass is 669 g/mol. The Labute approximate surface area is 272 Å². The van der Waals surface area contributed by atoms with Gasteiger partial charge in [-0.3, -0.25) is 4.79 Å². The molecule has 5 rings (SSSR count). The molecule has 2 bridgehead atoms. The fourth-order valence-corrected chi connectivity index (χ4v) is 7.91. The summed E-state index contributed by atoms with van der Waals surface area (Å²) in [6.45, 7) is 15.8. The third-order valence-electron chi connectivity index (χ3n) is 9.09. The fraction of sp³-hybridized carbons (Fsp3) is 0.576. The first-order valence-electron chi connectivity index (χ1n) is 16.3. The molecule has 250 valence electrons. The lowest BCUT2D eigenvalue weighted by Gasteiger charge is -2.37. The molecular weight excluding hydrogens is 622 g/mol. The second-order valence-corrected chi connectivity index (χ2v) is 26.4. The molecule has 0 aliphatic carbocycles. The van der Waals surface area contributed by atoms with Crippen LogP contribution in [0, 0.1) is 5.82 Å². The number of amides is 1. The predicted molar refractivity (Wildman–Crippen MR) is 183 cm³/mol. The third-order valence-corrected chi connectivity index (χ3v) is 12.5. The topological polar surface area (TPSA) is 110 Å². The number of carbonyl (C=O) groups excluding carboxylic acids is 1. The molecule has 4 heterocycles. The summed E-state index contributed by atoms with van der Waals surface area (Å²) in [6, 6.07) is 8.56. The van der Waals surface area contributed by atoms with Crippen LogP contribution in [0.2, 0.25) is 51.4 Å². The van der Waals surface area contributed by atoms with Crippen LogP contribution in [0.1, 0.15) is 47.7 Å². The Kier molecular flexibility index (Phi) is 10.4. The number of nitrogens with zero attached hydrogens (tertiary/aromatic N) is 5. The third kappa shape index (κ3) is 8.04. The number of carboxylic acid groups (broad SMARTS) is 1. The number of halogens is 1. The van der Waals surface area contributed by atoms with Gasteiger partial charge in [-0.25, -0.2) is 14.2 Å². The Morgan fingerprint density at radius 1 is 1.02 bits per heavy atom. The zero-order valence-electron chi connectivity index (χ0n) is 28.0. The SMILES string of the molecule is C[Si](C)(C)CCOCN(COCC[Si](C)(C)C)c1cc(C2CC3CCC(C2)N3C(=O)O)nc2c(-c3ccc(C=O)c(F)c3)cnn12. The van der Waals surface area contributed by atoms with Crippen LogP contribution in [0.5, 0.6) is 0 Å². The molecule has 2 aliphatic heterocycles. The van der Waals surface area contributed by atoms with Crippen LogP contribution in [0.25, 0.3) is 16.8 Å². The Morgan fingerprint density at radius 3 is 2.15 bits per heavy atom. The summed E-state index contributed by atoms with van der Waals surface area (Å²) in [6.07, 6.45) is 4.41. The van der Waals surface area contributed by atoms with Crippen molar-refractivity contribution >= 4 is 40.0 Å². The average Bonchev–Trinajstić information content (AvgIpc) is 3.52. The lowest BCUT2D eigenvalue weighted by atomic mass is 9.88. The number of hydrogen-bond donors (Lipinski definition) is 1. The standard InChI is InChI=1S/C33H48FN5O5Si2/c1-45(2,3)13-11-43-21-37(22-44-12-14-46(4,5)6)31-18-30(25-15-26-9-10-27(16-25)38(26)33(41)42)36-32-28(19-35-39(31)32)23-7-8-24(20-40)29(34)17-23/h7-8,17-20,25-27H,9-16,21-22H2,1-6H3,(H,41,42). The van der Waals surface area contributed by atoms with E-state index in [2.05, 4.69) is 39.3 Å². The molecule has 1 aromatic carbocycles. The number of ether oxygens (including phenoxy) is 2. The van der Waals surface area contributed by atoms with Gasteiger partial charge in [-0.1, -0.05) is 45.3 Å². The summed E-state index contributed by atoms with van der Waals surface area (Å²) in [7, 11) is -2.60. The Balaban J connectivity index is 1.55. The molecule has 3 aromatic rings. The van der Waals surface area contributed by atoms with Crippen molar-refractivity contribution in [3.05, 3.63) is 47.5 Å². The molecule has 0 saturated carbocycles. The second-order valence-electron chi connectivity index (χ2n) is 15.2. The molecule has 0 spiro atoms. The second kappa shape index (κ2) is 13.9. The molecule has 2 saturated heterocycles. The molecule has 2 unspecified atom stereocenters. The van der Waals surface area contributed by atoms with Gasteiger partial charge in [0.2, 0.25) is 0 Å². The minimum atomic E-state index is -1.30. The van der Waals surface area contributed by atoms with Crippen molar-refractivity contribution in [2.45, 2.75) is 95.1 Å². The summed E-state index contributed by atoms with van der Waals surface area (Å²) < 4.78 is 29.0. The van der Waals surface area contributed by atoms with Crippen molar-refractivity contribution in [3.8, 4) is 11.1 Å². The lowest BCUT2D eigenvalue weighted by Crippen LogP contribution is -2.45. The highest BCUT2D eigenvalue weighted by Gasteiger charge is 2.44. The maximum Gasteiger partial charge on any atom is 0.407 e. The van der Waals surface area contributed by atoms with Gasteiger partial charge in [-0.2, -0.15) is 9.61 Å². The maximum absolute atomic E-state index is 14.8. The highest BCUT2D eigenvalue weighted by atomic mass is 28.3. The number of anilines is 1. The van der Waals surface area contributed by atoms with Gasteiger partial charge in [0, 0.05) is 64.7 Å². The van der Waals surface area contributed by atoms with Crippen LogP contribution in [0.15, 0.2) is 30.5 Å². The van der Waals surface area contributed by atoms with Crippen molar-refractivity contribution < 1.29 is 28.6 Å². The number of piperidine rings is 1. The summed E-state index contributed by atoms with van der Waals surface area (Å²) >= 11 is 0. The minimum absolute atomic E-state index is 0.00710. The van der Waals surface area contributed by atoms with Crippen LogP contribution >= 0.6 is 0 Å². The van der Waals surface area contributed by atoms with E-state index in [0.717, 1.165) is 36.4 Å². The van der Waals surface area contributed by atoms with Gasteiger partial charge in [0.1, 0.15) is 25.1 Å². The molecule has 2 aromatic heterocycles. The van der Waals surface area contributed by atoms with Gasteiger partial charge < -0.3 is 24.4 Å². The molecule has 46 heavy (non-hydrogen) atoms.